The molecule has 0 aromatic heterocycles. The molecule has 2 rings (SSSR count). The first-order valence-corrected chi connectivity index (χ1v) is 6.96. The number of halogens is 1. The number of carboxylic acid groups (broad SMARTS) is 1. The number of likely N-dealkylation sites (tertiary alicyclic amines) is 1. The first-order chi connectivity index (χ1) is 9.99. The lowest BCUT2D eigenvalue weighted by Gasteiger charge is -2.22. The van der Waals surface area contributed by atoms with Crippen LogP contribution in [0.3, 0.4) is 0 Å². The summed E-state index contributed by atoms with van der Waals surface area (Å²) in [5.74, 6) is -1.53. The average Bonchev–Trinajstić information content (AvgIpc) is 2.79. The number of carboxylic acids is 1. The summed E-state index contributed by atoms with van der Waals surface area (Å²) in [4.78, 5) is 24.8. The van der Waals surface area contributed by atoms with Gasteiger partial charge < -0.3 is 10.4 Å². The van der Waals surface area contributed by atoms with Crippen molar-refractivity contribution in [3.63, 3.8) is 0 Å². The number of carbonyl (C=O) groups is 2. The number of nitrogens with zero attached hydrogens (tertiary/aromatic N) is 1. The Morgan fingerprint density at radius 1 is 1.43 bits per heavy atom. The van der Waals surface area contributed by atoms with Crippen LogP contribution in [0.1, 0.15) is 18.9 Å². The Balaban J connectivity index is 1.87. The van der Waals surface area contributed by atoms with E-state index in [0.717, 1.165) is 6.42 Å². The molecular formula is C15H19FN2O3. The molecule has 0 saturated carbocycles. The average molecular weight is 294 g/mol. The molecule has 6 heteroatoms. The number of rotatable bonds is 5. The van der Waals surface area contributed by atoms with E-state index in [1.165, 1.54) is 6.07 Å². The van der Waals surface area contributed by atoms with E-state index in [-0.39, 0.29) is 30.7 Å². The molecule has 2 atom stereocenters. The van der Waals surface area contributed by atoms with Crippen LogP contribution >= 0.6 is 0 Å². The molecule has 0 bridgehead atoms. The molecule has 0 aliphatic carbocycles. The number of aliphatic carboxylic acids is 1. The smallest absolute Gasteiger partial charge is 0.321 e. The van der Waals surface area contributed by atoms with Crippen LogP contribution < -0.4 is 5.32 Å². The van der Waals surface area contributed by atoms with E-state index in [0.29, 0.717) is 12.1 Å². The van der Waals surface area contributed by atoms with Gasteiger partial charge in [0, 0.05) is 12.1 Å². The monoisotopic (exact) mass is 294 g/mol. The Labute approximate surface area is 122 Å². The Morgan fingerprint density at radius 3 is 2.81 bits per heavy atom. The molecule has 5 nitrogen and oxygen atoms in total. The van der Waals surface area contributed by atoms with Crippen molar-refractivity contribution in [1.82, 2.24) is 10.2 Å². The minimum absolute atomic E-state index is 0.0236. The van der Waals surface area contributed by atoms with E-state index >= 15 is 0 Å². The number of amides is 1. The van der Waals surface area contributed by atoms with Gasteiger partial charge >= 0.3 is 5.97 Å². The summed E-state index contributed by atoms with van der Waals surface area (Å²) in [6.45, 7) is 2.59. The second kappa shape index (κ2) is 6.67. The van der Waals surface area contributed by atoms with Gasteiger partial charge in [0.2, 0.25) is 5.91 Å². The van der Waals surface area contributed by atoms with Crippen LogP contribution in [-0.2, 0) is 16.1 Å². The lowest BCUT2D eigenvalue weighted by Crippen LogP contribution is -2.44. The predicted octanol–water partition coefficient (Wildman–Crippen LogP) is 1.24. The van der Waals surface area contributed by atoms with Crippen molar-refractivity contribution in [2.45, 2.75) is 25.9 Å². The molecule has 114 valence electrons. The molecule has 1 saturated heterocycles. The highest BCUT2D eigenvalue weighted by Gasteiger charge is 2.37. The Bertz CT molecular complexity index is 535. The maximum atomic E-state index is 13.4. The van der Waals surface area contributed by atoms with Crippen molar-refractivity contribution in [1.29, 1.82) is 0 Å². The van der Waals surface area contributed by atoms with Crippen molar-refractivity contribution in [3.05, 3.63) is 35.6 Å². The maximum absolute atomic E-state index is 13.4. The van der Waals surface area contributed by atoms with Crippen LogP contribution in [0.25, 0.3) is 0 Å². The summed E-state index contributed by atoms with van der Waals surface area (Å²) in [6, 6.07) is 5.61. The lowest BCUT2D eigenvalue weighted by molar-refractivity contribution is -0.143. The summed E-state index contributed by atoms with van der Waals surface area (Å²) in [5, 5.41) is 11.8. The van der Waals surface area contributed by atoms with Gasteiger partial charge in [-0.3, -0.25) is 14.5 Å². The van der Waals surface area contributed by atoms with Crippen LogP contribution in [0, 0.1) is 11.7 Å². The third-order valence-electron chi connectivity index (χ3n) is 3.84. The second-order valence-corrected chi connectivity index (χ2v) is 5.39. The maximum Gasteiger partial charge on any atom is 0.321 e. The van der Waals surface area contributed by atoms with Crippen LogP contribution in [0.15, 0.2) is 24.3 Å². The second-order valence-electron chi connectivity index (χ2n) is 5.39. The van der Waals surface area contributed by atoms with E-state index in [4.69, 9.17) is 0 Å². The van der Waals surface area contributed by atoms with Gasteiger partial charge in [0.25, 0.3) is 0 Å². The van der Waals surface area contributed by atoms with Gasteiger partial charge in [-0.05, 0) is 24.9 Å². The zero-order valence-corrected chi connectivity index (χ0v) is 11.9. The minimum atomic E-state index is -0.901. The molecule has 1 aliphatic rings. The zero-order chi connectivity index (χ0) is 15.4. The lowest BCUT2D eigenvalue weighted by atomic mass is 10.0. The van der Waals surface area contributed by atoms with Crippen LogP contribution in [-0.4, -0.2) is 41.0 Å². The molecular weight excluding hydrogens is 275 g/mol. The zero-order valence-electron chi connectivity index (χ0n) is 11.9. The molecule has 2 unspecified atom stereocenters. The topological polar surface area (TPSA) is 69.6 Å². The third kappa shape index (κ3) is 3.78. The Kier molecular flexibility index (Phi) is 4.90. The quantitative estimate of drug-likeness (QED) is 0.857. The van der Waals surface area contributed by atoms with Gasteiger partial charge in [-0.15, -0.1) is 0 Å². The fraction of sp³-hybridized carbons (Fsp3) is 0.467. The van der Waals surface area contributed by atoms with Crippen LogP contribution in [0.2, 0.25) is 0 Å². The molecule has 0 spiro atoms. The summed E-state index contributed by atoms with van der Waals surface area (Å²) in [7, 11) is 0. The molecule has 1 aromatic rings. The standard InChI is InChI=1S/C15H19FN2O3/c1-10-6-7-18(14(10)15(20)21)9-13(19)17-8-11-4-2-3-5-12(11)16/h2-5,10,14H,6-9H2,1H3,(H,17,19)(H,20,21). The molecule has 21 heavy (non-hydrogen) atoms. The van der Waals surface area contributed by atoms with Gasteiger partial charge in [-0.1, -0.05) is 25.1 Å². The summed E-state index contributed by atoms with van der Waals surface area (Å²) in [5.41, 5.74) is 0.412. The molecule has 1 aliphatic heterocycles. The van der Waals surface area contributed by atoms with Crippen LogP contribution in [0.4, 0.5) is 4.39 Å². The van der Waals surface area contributed by atoms with Crippen molar-refractivity contribution in [2.24, 2.45) is 5.92 Å². The fourth-order valence-electron chi connectivity index (χ4n) is 2.68. The van der Waals surface area contributed by atoms with Gasteiger partial charge in [-0.2, -0.15) is 0 Å². The van der Waals surface area contributed by atoms with Crippen molar-refractivity contribution < 1.29 is 19.1 Å². The molecule has 1 fully saturated rings. The van der Waals surface area contributed by atoms with Gasteiger partial charge in [-0.25, -0.2) is 4.39 Å². The molecule has 1 heterocycles. The Hall–Kier alpha value is -1.95. The van der Waals surface area contributed by atoms with Crippen molar-refractivity contribution in [2.75, 3.05) is 13.1 Å². The highest BCUT2D eigenvalue weighted by atomic mass is 19.1. The number of carbonyl (C=O) groups excluding carboxylic acids is 1. The van der Waals surface area contributed by atoms with Crippen molar-refractivity contribution >= 4 is 11.9 Å². The molecule has 1 amide bonds. The van der Waals surface area contributed by atoms with E-state index in [1.54, 1.807) is 23.1 Å². The number of nitrogens with one attached hydrogen (secondary N) is 1. The van der Waals surface area contributed by atoms with E-state index in [2.05, 4.69) is 5.32 Å². The van der Waals surface area contributed by atoms with Gasteiger partial charge in [0.05, 0.1) is 6.54 Å². The van der Waals surface area contributed by atoms with E-state index in [9.17, 15) is 19.1 Å². The van der Waals surface area contributed by atoms with E-state index in [1.807, 2.05) is 6.92 Å². The van der Waals surface area contributed by atoms with Crippen molar-refractivity contribution in [3.8, 4) is 0 Å². The molecule has 0 radical (unpaired) electrons. The summed E-state index contributed by atoms with van der Waals surface area (Å²) < 4.78 is 13.4. The van der Waals surface area contributed by atoms with Gasteiger partial charge in [0.15, 0.2) is 0 Å². The number of hydrogen-bond acceptors (Lipinski definition) is 3. The predicted molar refractivity (Wildman–Crippen MR) is 75.0 cm³/mol. The molecule has 1 aromatic carbocycles. The third-order valence-corrected chi connectivity index (χ3v) is 3.84. The normalized spacial score (nSPS) is 22.2. The highest BCUT2D eigenvalue weighted by Crippen LogP contribution is 2.23. The SMILES string of the molecule is CC1CCN(CC(=O)NCc2ccccc2F)C1C(=O)O. The fourth-order valence-corrected chi connectivity index (χ4v) is 2.68. The Morgan fingerprint density at radius 2 is 2.14 bits per heavy atom. The largest absolute Gasteiger partial charge is 0.480 e. The summed E-state index contributed by atoms with van der Waals surface area (Å²) in [6.07, 6.45) is 0.761. The minimum Gasteiger partial charge on any atom is -0.480 e. The molecule has 2 N–H and O–H groups in total. The highest BCUT2D eigenvalue weighted by molar-refractivity contribution is 5.80. The first kappa shape index (κ1) is 15.4. The first-order valence-electron chi connectivity index (χ1n) is 6.96. The number of benzene rings is 1. The number of hydrogen-bond donors (Lipinski definition) is 2. The van der Waals surface area contributed by atoms with Gasteiger partial charge in [0.1, 0.15) is 11.9 Å². The summed E-state index contributed by atoms with van der Waals surface area (Å²) >= 11 is 0. The van der Waals surface area contributed by atoms with E-state index < -0.39 is 12.0 Å². The van der Waals surface area contributed by atoms with Crippen LogP contribution in [0.5, 0.6) is 0 Å².